The summed E-state index contributed by atoms with van der Waals surface area (Å²) >= 11 is 3.11. The summed E-state index contributed by atoms with van der Waals surface area (Å²) in [4.78, 5) is 21.8. The summed E-state index contributed by atoms with van der Waals surface area (Å²) in [5, 5.41) is 8.64. The van der Waals surface area contributed by atoms with Crippen LogP contribution < -0.4 is 0 Å². The van der Waals surface area contributed by atoms with E-state index in [-0.39, 0.29) is 12.2 Å². The van der Waals surface area contributed by atoms with Gasteiger partial charge in [0.25, 0.3) is 0 Å². The van der Waals surface area contributed by atoms with Crippen LogP contribution in [0.25, 0.3) is 0 Å². The number of aliphatic carboxylic acids is 1. The first kappa shape index (κ1) is 14.9. The van der Waals surface area contributed by atoms with Crippen LogP contribution in [-0.2, 0) is 11.2 Å². The predicted molar refractivity (Wildman–Crippen MR) is 74.4 cm³/mol. The van der Waals surface area contributed by atoms with Crippen LogP contribution in [0.4, 0.5) is 0 Å². The Bertz CT molecular complexity index is 412. The van der Waals surface area contributed by atoms with Crippen molar-refractivity contribution in [3.63, 3.8) is 0 Å². The van der Waals surface area contributed by atoms with E-state index in [9.17, 15) is 9.59 Å². The Hall–Kier alpha value is -1.16. The van der Waals surface area contributed by atoms with Crippen LogP contribution in [0.2, 0.25) is 0 Å². The van der Waals surface area contributed by atoms with Gasteiger partial charge in [0.1, 0.15) is 0 Å². The normalized spacial score (nSPS) is 12.1. The highest BCUT2D eigenvalue weighted by Crippen LogP contribution is 2.15. The van der Waals surface area contributed by atoms with Gasteiger partial charge in [0.2, 0.25) is 0 Å². The topological polar surface area (TPSA) is 54.4 Å². The second kappa shape index (κ2) is 7.31. The second-order valence-electron chi connectivity index (χ2n) is 4.23. The van der Waals surface area contributed by atoms with E-state index in [1.807, 2.05) is 12.1 Å². The van der Waals surface area contributed by atoms with Gasteiger partial charge in [-0.05, 0) is 18.4 Å². The summed E-state index contributed by atoms with van der Waals surface area (Å²) in [5.74, 6) is -1.16. The Balaban J connectivity index is 2.66. The molecule has 0 radical (unpaired) electrons. The van der Waals surface area contributed by atoms with Crippen LogP contribution in [-0.4, -0.2) is 21.7 Å². The van der Waals surface area contributed by atoms with Crippen molar-refractivity contribution in [3.8, 4) is 0 Å². The summed E-state index contributed by atoms with van der Waals surface area (Å²) in [6.45, 7) is 2.14. The van der Waals surface area contributed by atoms with Crippen molar-refractivity contribution in [2.45, 2.75) is 37.4 Å². The Kier molecular flexibility index (Phi) is 6.05. The van der Waals surface area contributed by atoms with Gasteiger partial charge in [-0.3, -0.25) is 9.59 Å². The summed E-state index contributed by atoms with van der Waals surface area (Å²) in [6, 6.07) is 7.40. The lowest BCUT2D eigenvalue weighted by atomic mass is 10.0. The molecule has 1 aromatic carbocycles. The van der Waals surface area contributed by atoms with Gasteiger partial charge in [0, 0.05) is 5.56 Å². The molecule has 0 heterocycles. The third-order valence-electron chi connectivity index (χ3n) is 2.70. The summed E-state index contributed by atoms with van der Waals surface area (Å²) in [6.07, 6.45) is 3.09. The fraction of sp³-hybridized carbons (Fsp3) is 0.429. The fourth-order valence-corrected chi connectivity index (χ4v) is 2.18. The van der Waals surface area contributed by atoms with Crippen LogP contribution in [0.15, 0.2) is 24.3 Å². The number of aryl methyl sites for hydroxylation is 1. The van der Waals surface area contributed by atoms with Crippen molar-refractivity contribution in [1.29, 1.82) is 0 Å². The minimum absolute atomic E-state index is 0.181. The SMILES string of the molecule is CCCCc1ccc(C(=O)C(Br)CC(=O)O)cc1. The van der Waals surface area contributed by atoms with Crippen LogP contribution in [0.1, 0.15) is 42.1 Å². The molecule has 0 saturated heterocycles. The number of unbranched alkanes of at least 4 members (excludes halogenated alkanes) is 1. The number of Topliss-reactive ketones (excluding diaryl/α,β-unsaturated/α-hetero) is 1. The average molecular weight is 313 g/mol. The number of carbonyl (C=O) groups excluding carboxylic acids is 1. The van der Waals surface area contributed by atoms with Gasteiger partial charge in [-0.25, -0.2) is 0 Å². The molecular formula is C14H17BrO3. The van der Waals surface area contributed by atoms with Crippen molar-refractivity contribution in [3.05, 3.63) is 35.4 Å². The number of carbonyl (C=O) groups is 2. The number of carboxylic acid groups (broad SMARTS) is 1. The molecule has 0 saturated carbocycles. The summed E-state index contributed by atoms with van der Waals surface area (Å²) in [5.41, 5.74) is 1.76. The number of hydrogen-bond donors (Lipinski definition) is 1. The largest absolute Gasteiger partial charge is 0.481 e. The molecule has 0 aliphatic rings. The number of benzene rings is 1. The number of ketones is 1. The second-order valence-corrected chi connectivity index (χ2v) is 5.34. The number of alkyl halides is 1. The molecule has 0 aliphatic heterocycles. The summed E-state index contributed by atoms with van der Waals surface area (Å²) in [7, 11) is 0. The zero-order valence-corrected chi connectivity index (χ0v) is 11.9. The van der Waals surface area contributed by atoms with Gasteiger partial charge in [-0.1, -0.05) is 53.5 Å². The van der Waals surface area contributed by atoms with E-state index in [1.165, 1.54) is 5.56 Å². The van der Waals surface area contributed by atoms with Crippen LogP contribution in [0, 0.1) is 0 Å². The van der Waals surface area contributed by atoms with Gasteiger partial charge in [0.15, 0.2) is 5.78 Å². The Morgan fingerprint density at radius 1 is 1.28 bits per heavy atom. The standard InChI is InChI=1S/C14H17BrO3/c1-2-3-4-10-5-7-11(8-6-10)14(18)12(15)9-13(16)17/h5-8,12H,2-4,9H2,1H3,(H,16,17). The van der Waals surface area contributed by atoms with E-state index >= 15 is 0 Å². The number of carboxylic acids is 1. The minimum Gasteiger partial charge on any atom is -0.481 e. The molecule has 18 heavy (non-hydrogen) atoms. The third kappa shape index (κ3) is 4.61. The summed E-state index contributed by atoms with van der Waals surface area (Å²) < 4.78 is 0. The molecule has 0 bridgehead atoms. The first-order valence-corrected chi connectivity index (χ1v) is 6.95. The molecule has 0 aromatic heterocycles. The molecule has 1 unspecified atom stereocenters. The van der Waals surface area contributed by atoms with Gasteiger partial charge in [-0.2, -0.15) is 0 Å². The molecule has 1 N–H and O–H groups in total. The quantitative estimate of drug-likeness (QED) is 0.619. The Morgan fingerprint density at radius 3 is 2.39 bits per heavy atom. The van der Waals surface area contributed by atoms with Crippen molar-refractivity contribution in [1.82, 2.24) is 0 Å². The maximum Gasteiger partial charge on any atom is 0.304 e. The molecule has 0 fully saturated rings. The van der Waals surface area contributed by atoms with E-state index in [4.69, 9.17) is 5.11 Å². The first-order chi connectivity index (χ1) is 8.54. The van der Waals surface area contributed by atoms with Crippen molar-refractivity contribution < 1.29 is 14.7 Å². The average Bonchev–Trinajstić information content (AvgIpc) is 2.35. The molecule has 1 atom stereocenters. The van der Waals surface area contributed by atoms with Gasteiger partial charge in [-0.15, -0.1) is 0 Å². The molecule has 1 aromatic rings. The Labute approximate surface area is 115 Å². The zero-order chi connectivity index (χ0) is 13.5. The molecule has 0 spiro atoms. The van der Waals surface area contributed by atoms with Crippen molar-refractivity contribution in [2.75, 3.05) is 0 Å². The monoisotopic (exact) mass is 312 g/mol. The zero-order valence-electron chi connectivity index (χ0n) is 10.4. The predicted octanol–water partition coefficient (Wildman–Crippen LogP) is 3.45. The van der Waals surface area contributed by atoms with E-state index in [0.717, 1.165) is 19.3 Å². The lowest BCUT2D eigenvalue weighted by molar-refractivity contribution is -0.136. The Morgan fingerprint density at radius 2 is 1.89 bits per heavy atom. The molecule has 1 rings (SSSR count). The van der Waals surface area contributed by atoms with Crippen LogP contribution in [0.3, 0.4) is 0 Å². The van der Waals surface area contributed by atoms with Crippen LogP contribution >= 0.6 is 15.9 Å². The molecule has 3 nitrogen and oxygen atoms in total. The van der Waals surface area contributed by atoms with Crippen molar-refractivity contribution >= 4 is 27.7 Å². The fourth-order valence-electron chi connectivity index (χ4n) is 1.64. The number of halogens is 1. The van der Waals surface area contributed by atoms with Gasteiger partial charge < -0.3 is 5.11 Å². The highest BCUT2D eigenvalue weighted by atomic mass is 79.9. The maximum absolute atomic E-state index is 11.9. The maximum atomic E-state index is 11.9. The first-order valence-electron chi connectivity index (χ1n) is 6.03. The lowest BCUT2D eigenvalue weighted by Gasteiger charge is -2.07. The van der Waals surface area contributed by atoms with E-state index in [1.54, 1.807) is 12.1 Å². The number of hydrogen-bond acceptors (Lipinski definition) is 2. The highest BCUT2D eigenvalue weighted by molar-refractivity contribution is 9.10. The lowest BCUT2D eigenvalue weighted by Crippen LogP contribution is -2.18. The molecular weight excluding hydrogens is 296 g/mol. The minimum atomic E-state index is -0.982. The number of rotatable bonds is 7. The highest BCUT2D eigenvalue weighted by Gasteiger charge is 2.19. The smallest absolute Gasteiger partial charge is 0.304 e. The molecule has 0 aliphatic carbocycles. The van der Waals surface area contributed by atoms with Gasteiger partial charge >= 0.3 is 5.97 Å². The van der Waals surface area contributed by atoms with Crippen molar-refractivity contribution in [2.24, 2.45) is 0 Å². The van der Waals surface area contributed by atoms with E-state index in [0.29, 0.717) is 5.56 Å². The van der Waals surface area contributed by atoms with Crippen LogP contribution in [0.5, 0.6) is 0 Å². The van der Waals surface area contributed by atoms with E-state index in [2.05, 4.69) is 22.9 Å². The molecule has 98 valence electrons. The van der Waals surface area contributed by atoms with E-state index < -0.39 is 10.8 Å². The third-order valence-corrected chi connectivity index (χ3v) is 3.44. The molecule has 0 amide bonds. The van der Waals surface area contributed by atoms with Gasteiger partial charge in [0.05, 0.1) is 11.2 Å². The molecule has 4 heteroatoms.